The van der Waals surface area contributed by atoms with Gasteiger partial charge in [-0.3, -0.25) is 0 Å². The summed E-state index contributed by atoms with van der Waals surface area (Å²) in [6, 6.07) is 0. The standard InChI is InChI=1S/C11H20O3/c1-9-4-2-6-11(13-9)7-3-5-10(8-12)14-11/h9-10,12H,2-8H2,1H3/t9-,10-,11+/m0/s1. The lowest BCUT2D eigenvalue weighted by molar-refractivity contribution is -0.315. The van der Waals surface area contributed by atoms with Crippen LogP contribution in [-0.2, 0) is 9.47 Å². The molecule has 3 nitrogen and oxygen atoms in total. The van der Waals surface area contributed by atoms with Gasteiger partial charge in [-0.25, -0.2) is 0 Å². The Morgan fingerprint density at radius 3 is 2.57 bits per heavy atom. The molecule has 14 heavy (non-hydrogen) atoms. The van der Waals surface area contributed by atoms with Gasteiger partial charge in [0.15, 0.2) is 5.79 Å². The van der Waals surface area contributed by atoms with Crippen molar-refractivity contribution in [2.24, 2.45) is 0 Å². The van der Waals surface area contributed by atoms with E-state index >= 15 is 0 Å². The van der Waals surface area contributed by atoms with Crippen molar-refractivity contribution >= 4 is 0 Å². The third kappa shape index (κ3) is 2.10. The second-order valence-corrected chi connectivity index (χ2v) is 4.55. The van der Waals surface area contributed by atoms with Crippen LogP contribution in [0, 0.1) is 0 Å². The van der Waals surface area contributed by atoms with Crippen LogP contribution in [0.2, 0.25) is 0 Å². The maximum absolute atomic E-state index is 9.09. The van der Waals surface area contributed by atoms with Crippen molar-refractivity contribution in [3.63, 3.8) is 0 Å². The highest BCUT2D eigenvalue weighted by Gasteiger charge is 2.41. The first-order valence-electron chi connectivity index (χ1n) is 5.71. The largest absolute Gasteiger partial charge is 0.394 e. The number of hydrogen-bond acceptors (Lipinski definition) is 3. The molecule has 0 radical (unpaired) electrons. The Kier molecular flexibility index (Phi) is 3.10. The predicted molar refractivity (Wildman–Crippen MR) is 52.9 cm³/mol. The minimum atomic E-state index is -0.358. The van der Waals surface area contributed by atoms with Crippen LogP contribution < -0.4 is 0 Å². The van der Waals surface area contributed by atoms with E-state index in [4.69, 9.17) is 14.6 Å². The van der Waals surface area contributed by atoms with Crippen molar-refractivity contribution in [1.29, 1.82) is 0 Å². The molecule has 1 N–H and O–H groups in total. The maximum atomic E-state index is 9.09. The van der Waals surface area contributed by atoms with Gasteiger partial charge in [0.2, 0.25) is 0 Å². The first-order chi connectivity index (χ1) is 6.74. The molecule has 2 aliphatic heterocycles. The van der Waals surface area contributed by atoms with Gasteiger partial charge in [0.25, 0.3) is 0 Å². The van der Waals surface area contributed by atoms with Crippen LogP contribution in [0.15, 0.2) is 0 Å². The number of rotatable bonds is 1. The third-order valence-electron chi connectivity index (χ3n) is 3.25. The van der Waals surface area contributed by atoms with Gasteiger partial charge in [-0.05, 0) is 32.6 Å². The van der Waals surface area contributed by atoms with Crippen molar-refractivity contribution in [3.8, 4) is 0 Å². The predicted octanol–water partition coefficient (Wildman–Crippen LogP) is 1.83. The van der Waals surface area contributed by atoms with Gasteiger partial charge in [-0.2, -0.15) is 0 Å². The fraction of sp³-hybridized carbons (Fsp3) is 1.00. The van der Waals surface area contributed by atoms with Crippen molar-refractivity contribution in [2.45, 2.75) is 63.4 Å². The molecule has 2 aliphatic rings. The van der Waals surface area contributed by atoms with Crippen LogP contribution in [0.25, 0.3) is 0 Å². The fourth-order valence-corrected chi connectivity index (χ4v) is 2.56. The number of ether oxygens (including phenoxy) is 2. The third-order valence-corrected chi connectivity index (χ3v) is 3.25. The van der Waals surface area contributed by atoms with E-state index in [1.54, 1.807) is 0 Å². The SMILES string of the molecule is C[C@H]1CCC[C@@]2(CCC[C@@H](CO)O2)O1. The lowest BCUT2D eigenvalue weighted by Gasteiger charge is -2.45. The topological polar surface area (TPSA) is 38.7 Å². The van der Waals surface area contributed by atoms with Crippen LogP contribution in [0.5, 0.6) is 0 Å². The second-order valence-electron chi connectivity index (χ2n) is 4.55. The molecule has 0 aromatic rings. The number of aliphatic hydroxyl groups excluding tert-OH is 1. The first kappa shape index (κ1) is 10.4. The molecule has 2 rings (SSSR count). The highest BCUT2D eigenvalue weighted by Crippen LogP contribution is 2.38. The van der Waals surface area contributed by atoms with Crippen LogP contribution in [0.3, 0.4) is 0 Å². The lowest BCUT2D eigenvalue weighted by atomic mass is 9.93. The smallest absolute Gasteiger partial charge is 0.169 e. The Balaban J connectivity index is 1.99. The second kappa shape index (κ2) is 4.17. The van der Waals surface area contributed by atoms with Gasteiger partial charge < -0.3 is 14.6 Å². The first-order valence-corrected chi connectivity index (χ1v) is 5.71. The van der Waals surface area contributed by atoms with E-state index < -0.39 is 0 Å². The molecule has 2 heterocycles. The molecular formula is C11H20O3. The van der Waals surface area contributed by atoms with E-state index in [2.05, 4.69) is 6.92 Å². The molecule has 2 fully saturated rings. The summed E-state index contributed by atoms with van der Waals surface area (Å²) in [4.78, 5) is 0. The van der Waals surface area contributed by atoms with Crippen LogP contribution in [0.4, 0.5) is 0 Å². The normalized spacial score (nSPS) is 44.1. The average molecular weight is 200 g/mol. The van der Waals surface area contributed by atoms with E-state index in [-0.39, 0.29) is 18.5 Å². The van der Waals surface area contributed by atoms with Crippen LogP contribution in [0.1, 0.15) is 45.4 Å². The van der Waals surface area contributed by atoms with Gasteiger partial charge in [0.1, 0.15) is 0 Å². The minimum absolute atomic E-state index is 0.00551. The molecule has 0 bridgehead atoms. The molecule has 1 spiro atoms. The van der Waals surface area contributed by atoms with E-state index in [0.717, 1.165) is 32.1 Å². The van der Waals surface area contributed by atoms with Crippen LogP contribution in [-0.4, -0.2) is 29.7 Å². The van der Waals surface area contributed by atoms with E-state index in [1.165, 1.54) is 6.42 Å². The summed E-state index contributed by atoms with van der Waals surface area (Å²) < 4.78 is 11.8. The van der Waals surface area contributed by atoms with Crippen molar-refractivity contribution < 1.29 is 14.6 Å². The molecule has 0 amide bonds. The van der Waals surface area contributed by atoms with E-state index in [9.17, 15) is 0 Å². The highest BCUT2D eigenvalue weighted by atomic mass is 16.7. The summed E-state index contributed by atoms with van der Waals surface area (Å²) in [6.07, 6.45) is 6.68. The average Bonchev–Trinajstić information content (AvgIpc) is 2.17. The van der Waals surface area contributed by atoms with Crippen LogP contribution >= 0.6 is 0 Å². The van der Waals surface area contributed by atoms with Crippen molar-refractivity contribution in [2.75, 3.05) is 6.61 Å². The molecule has 3 heteroatoms. The Bertz CT molecular complexity index is 191. The number of aliphatic hydroxyl groups is 1. The Hall–Kier alpha value is -0.120. The van der Waals surface area contributed by atoms with E-state index in [0.29, 0.717) is 6.10 Å². The summed E-state index contributed by atoms with van der Waals surface area (Å²) in [5.41, 5.74) is 0. The zero-order valence-corrected chi connectivity index (χ0v) is 8.87. The lowest BCUT2D eigenvalue weighted by Crippen LogP contribution is -2.48. The molecular weight excluding hydrogens is 180 g/mol. The monoisotopic (exact) mass is 200 g/mol. The zero-order valence-electron chi connectivity index (χ0n) is 8.87. The minimum Gasteiger partial charge on any atom is -0.394 e. The Morgan fingerprint density at radius 2 is 1.93 bits per heavy atom. The quantitative estimate of drug-likeness (QED) is 0.702. The number of hydrogen-bond donors (Lipinski definition) is 1. The molecule has 82 valence electrons. The summed E-state index contributed by atoms with van der Waals surface area (Å²) in [5, 5.41) is 9.09. The Morgan fingerprint density at radius 1 is 1.21 bits per heavy atom. The van der Waals surface area contributed by atoms with Gasteiger partial charge in [0, 0.05) is 12.8 Å². The molecule has 2 saturated heterocycles. The van der Waals surface area contributed by atoms with Crippen molar-refractivity contribution in [1.82, 2.24) is 0 Å². The summed E-state index contributed by atoms with van der Waals surface area (Å²) in [6.45, 7) is 2.23. The van der Waals surface area contributed by atoms with Gasteiger partial charge in [-0.15, -0.1) is 0 Å². The van der Waals surface area contributed by atoms with Gasteiger partial charge >= 0.3 is 0 Å². The van der Waals surface area contributed by atoms with E-state index in [1.807, 2.05) is 0 Å². The highest BCUT2D eigenvalue weighted by molar-refractivity contribution is 4.82. The van der Waals surface area contributed by atoms with Crippen molar-refractivity contribution in [3.05, 3.63) is 0 Å². The molecule has 0 saturated carbocycles. The molecule has 0 unspecified atom stereocenters. The molecule has 0 aromatic heterocycles. The van der Waals surface area contributed by atoms with Gasteiger partial charge in [0.05, 0.1) is 18.8 Å². The molecule has 0 aromatic carbocycles. The summed E-state index contributed by atoms with van der Waals surface area (Å²) in [7, 11) is 0. The maximum Gasteiger partial charge on any atom is 0.169 e. The summed E-state index contributed by atoms with van der Waals surface area (Å²) in [5.74, 6) is -0.358. The molecule has 3 atom stereocenters. The Labute approximate surface area is 85.4 Å². The molecule has 0 aliphatic carbocycles. The zero-order chi connectivity index (χ0) is 10.0. The fourth-order valence-electron chi connectivity index (χ4n) is 2.56. The summed E-state index contributed by atoms with van der Waals surface area (Å²) >= 11 is 0. The van der Waals surface area contributed by atoms with Gasteiger partial charge in [-0.1, -0.05) is 0 Å².